The Labute approximate surface area is 200 Å². The largest absolute Gasteiger partial charge is 0.481 e. The minimum absolute atomic E-state index is 0.152. The molecule has 0 saturated carbocycles. The van der Waals surface area contributed by atoms with E-state index in [1.807, 2.05) is 0 Å². The third-order valence-corrected chi connectivity index (χ3v) is 5.97. The summed E-state index contributed by atoms with van der Waals surface area (Å²) in [5, 5.41) is 27.4. The predicted octanol–water partition coefficient (Wildman–Crippen LogP) is 6.11. The van der Waals surface area contributed by atoms with Crippen LogP contribution in [0.2, 0.25) is 0 Å². The van der Waals surface area contributed by atoms with Crippen LogP contribution in [0.25, 0.3) is 0 Å². The molecule has 0 aromatic carbocycles. The van der Waals surface area contributed by atoms with Gasteiger partial charge in [-0.25, -0.2) is 4.79 Å². The Morgan fingerprint density at radius 2 is 1.06 bits per heavy atom. The van der Waals surface area contributed by atoms with Gasteiger partial charge in [0.05, 0.1) is 19.4 Å². The molecule has 0 spiro atoms. The molecule has 0 aliphatic carbocycles. The topological polar surface area (TPSA) is 121 Å². The van der Waals surface area contributed by atoms with E-state index in [1.54, 1.807) is 0 Å². The van der Waals surface area contributed by atoms with Crippen LogP contribution in [0, 0.1) is 5.92 Å². The van der Waals surface area contributed by atoms with E-state index in [4.69, 9.17) is 14.9 Å². The van der Waals surface area contributed by atoms with E-state index in [0.29, 0.717) is 6.42 Å². The van der Waals surface area contributed by atoms with E-state index in [2.05, 4.69) is 13.8 Å². The van der Waals surface area contributed by atoms with Crippen molar-refractivity contribution in [1.82, 2.24) is 0 Å². The van der Waals surface area contributed by atoms with Crippen molar-refractivity contribution in [3.05, 3.63) is 0 Å². The Bertz CT molecular complexity index is 533. The van der Waals surface area contributed by atoms with Gasteiger partial charge in [0.2, 0.25) is 0 Å². The number of esters is 1. The number of carboxylic acid groups (broad SMARTS) is 2. The fourth-order valence-corrected chi connectivity index (χ4v) is 3.89. The second kappa shape index (κ2) is 19.8. The van der Waals surface area contributed by atoms with E-state index in [0.717, 1.165) is 25.2 Å². The highest BCUT2D eigenvalue weighted by molar-refractivity contribution is 5.88. The average Bonchev–Trinajstić information content (AvgIpc) is 2.71. The van der Waals surface area contributed by atoms with Crippen molar-refractivity contribution in [1.29, 1.82) is 0 Å². The number of carbonyl (C=O) groups excluding carboxylic acids is 1. The summed E-state index contributed by atoms with van der Waals surface area (Å²) in [5.74, 6) is -3.29. The summed E-state index contributed by atoms with van der Waals surface area (Å²) < 4.78 is 4.94. The smallest absolute Gasteiger partial charge is 0.336 e. The molecule has 0 aliphatic rings. The Morgan fingerprint density at radius 3 is 1.42 bits per heavy atom. The monoisotopic (exact) mass is 472 g/mol. The number of unbranched alkanes of at least 4 members (excludes halogenated alkanes) is 14. The summed E-state index contributed by atoms with van der Waals surface area (Å²) in [4.78, 5) is 33.4. The first kappa shape index (κ1) is 31.4. The van der Waals surface area contributed by atoms with Gasteiger partial charge in [0, 0.05) is 0 Å². The number of carbonyl (C=O) groups is 3. The van der Waals surface area contributed by atoms with E-state index < -0.39 is 36.4 Å². The summed E-state index contributed by atoms with van der Waals surface area (Å²) >= 11 is 0. The van der Waals surface area contributed by atoms with Crippen LogP contribution in [0.4, 0.5) is 0 Å². The lowest BCUT2D eigenvalue weighted by Crippen LogP contribution is -2.43. The first-order valence-electron chi connectivity index (χ1n) is 13.0. The molecular weight excluding hydrogens is 424 g/mol. The highest BCUT2D eigenvalue weighted by Crippen LogP contribution is 2.18. The van der Waals surface area contributed by atoms with E-state index in [9.17, 15) is 19.5 Å². The van der Waals surface area contributed by atoms with Crippen molar-refractivity contribution >= 4 is 17.9 Å². The highest BCUT2D eigenvalue weighted by Gasteiger charge is 2.41. The van der Waals surface area contributed by atoms with Gasteiger partial charge in [-0.1, -0.05) is 110 Å². The molecule has 0 aliphatic heterocycles. The van der Waals surface area contributed by atoms with Gasteiger partial charge in [-0.2, -0.15) is 0 Å². The molecule has 0 bridgehead atoms. The van der Waals surface area contributed by atoms with Crippen molar-refractivity contribution in [3.8, 4) is 0 Å². The van der Waals surface area contributed by atoms with Gasteiger partial charge in [0.15, 0.2) is 5.60 Å². The Kier molecular flexibility index (Phi) is 18.8. The summed E-state index contributed by atoms with van der Waals surface area (Å²) in [6.45, 7) is 4.74. The number of aliphatic carboxylic acids is 2. The van der Waals surface area contributed by atoms with Crippen LogP contribution < -0.4 is 0 Å². The van der Waals surface area contributed by atoms with E-state index >= 15 is 0 Å². The number of hydrogen-bond acceptors (Lipinski definition) is 5. The van der Waals surface area contributed by atoms with Gasteiger partial charge in [-0.15, -0.1) is 0 Å². The van der Waals surface area contributed by atoms with Gasteiger partial charge in [0.1, 0.15) is 0 Å². The van der Waals surface area contributed by atoms with Crippen LogP contribution >= 0.6 is 0 Å². The zero-order valence-electron chi connectivity index (χ0n) is 21.0. The molecule has 0 aromatic heterocycles. The maximum atomic E-state index is 11.7. The molecular formula is C26H48O7. The van der Waals surface area contributed by atoms with Crippen molar-refractivity contribution in [2.24, 2.45) is 5.92 Å². The molecule has 0 aromatic rings. The van der Waals surface area contributed by atoms with Crippen LogP contribution in [-0.2, 0) is 19.1 Å². The molecule has 7 heteroatoms. The number of ether oxygens (including phenoxy) is 1. The minimum Gasteiger partial charge on any atom is -0.481 e. The van der Waals surface area contributed by atoms with Crippen molar-refractivity contribution in [2.75, 3.05) is 6.61 Å². The van der Waals surface area contributed by atoms with Crippen molar-refractivity contribution < 1.29 is 34.4 Å². The molecule has 0 rings (SSSR count). The number of rotatable bonds is 23. The molecule has 0 radical (unpaired) electrons. The van der Waals surface area contributed by atoms with Crippen LogP contribution in [0.15, 0.2) is 0 Å². The summed E-state index contributed by atoms with van der Waals surface area (Å²) in [6.07, 6.45) is 18.0. The maximum absolute atomic E-state index is 11.7. The summed E-state index contributed by atoms with van der Waals surface area (Å²) in [7, 11) is 0. The van der Waals surface area contributed by atoms with Crippen LogP contribution in [0.3, 0.4) is 0 Å². The number of hydrogen-bond donors (Lipinski definition) is 3. The predicted molar refractivity (Wildman–Crippen MR) is 129 cm³/mol. The third kappa shape index (κ3) is 19.5. The number of aliphatic hydroxyl groups is 1. The van der Waals surface area contributed by atoms with Gasteiger partial charge in [0.25, 0.3) is 0 Å². The van der Waals surface area contributed by atoms with Gasteiger partial charge >= 0.3 is 17.9 Å². The fraction of sp³-hybridized carbons (Fsp3) is 0.885. The van der Waals surface area contributed by atoms with E-state index in [1.165, 1.54) is 77.0 Å². The van der Waals surface area contributed by atoms with Gasteiger partial charge < -0.3 is 20.1 Å². The zero-order chi connectivity index (χ0) is 25.0. The Balaban J connectivity index is 3.45. The average molecular weight is 473 g/mol. The molecule has 0 saturated heterocycles. The minimum atomic E-state index is -2.63. The molecule has 0 fully saturated rings. The third-order valence-electron chi connectivity index (χ3n) is 5.97. The lowest BCUT2D eigenvalue weighted by atomic mass is 9.96. The molecule has 194 valence electrons. The second-order valence-corrected chi connectivity index (χ2v) is 9.79. The first-order valence-corrected chi connectivity index (χ1v) is 13.0. The highest BCUT2D eigenvalue weighted by atomic mass is 16.5. The quantitative estimate of drug-likeness (QED) is 0.121. The standard InChI is InChI=1S/C26H48O7/c1-22(2)18-16-14-12-10-8-6-4-3-5-7-9-11-13-15-17-19-33-24(29)21-26(32,25(30)31)20-23(27)28/h22,32H,3-21H2,1-2H3,(H,27,28)(H,30,31). The lowest BCUT2D eigenvalue weighted by Gasteiger charge is -2.20. The van der Waals surface area contributed by atoms with Gasteiger partial charge in [-0.3, -0.25) is 9.59 Å². The zero-order valence-corrected chi connectivity index (χ0v) is 21.0. The van der Waals surface area contributed by atoms with Crippen LogP contribution in [0.5, 0.6) is 0 Å². The SMILES string of the molecule is CC(C)CCCCCCCCCCCCCCCCCOC(=O)CC(O)(CC(=O)O)C(=O)O. The molecule has 3 N–H and O–H groups in total. The Morgan fingerprint density at radius 1 is 0.667 bits per heavy atom. The van der Waals surface area contributed by atoms with Crippen LogP contribution in [-0.4, -0.2) is 45.4 Å². The Hall–Kier alpha value is -1.63. The molecule has 33 heavy (non-hydrogen) atoms. The molecule has 0 heterocycles. The normalized spacial score (nSPS) is 13.1. The second-order valence-electron chi connectivity index (χ2n) is 9.79. The summed E-state index contributed by atoms with van der Waals surface area (Å²) in [6, 6.07) is 0. The maximum Gasteiger partial charge on any atom is 0.336 e. The van der Waals surface area contributed by atoms with Crippen LogP contribution in [0.1, 0.15) is 129 Å². The van der Waals surface area contributed by atoms with E-state index in [-0.39, 0.29) is 6.61 Å². The van der Waals surface area contributed by atoms with Gasteiger partial charge in [-0.05, 0) is 12.3 Å². The lowest BCUT2D eigenvalue weighted by molar-refractivity contribution is -0.172. The molecule has 0 amide bonds. The van der Waals surface area contributed by atoms with Crippen molar-refractivity contribution in [3.63, 3.8) is 0 Å². The molecule has 1 atom stereocenters. The fourth-order valence-electron chi connectivity index (χ4n) is 3.89. The first-order chi connectivity index (χ1) is 15.7. The summed E-state index contributed by atoms with van der Waals surface area (Å²) in [5.41, 5.74) is -2.63. The molecule has 7 nitrogen and oxygen atoms in total. The molecule has 1 unspecified atom stereocenters. The number of carboxylic acids is 2. The van der Waals surface area contributed by atoms with Crippen molar-refractivity contribution in [2.45, 2.75) is 135 Å².